The third-order valence-electron chi connectivity index (χ3n) is 6.35. The van der Waals surface area contributed by atoms with E-state index < -0.39 is 29.5 Å². The van der Waals surface area contributed by atoms with Crippen LogP contribution in [0.1, 0.15) is 16.7 Å². The molecule has 2 fully saturated rings. The molecular weight excluding hydrogens is 440 g/mol. The number of carbonyl (C=O) groups excluding carboxylic acids is 3. The van der Waals surface area contributed by atoms with Crippen LogP contribution in [0.2, 0.25) is 0 Å². The highest BCUT2D eigenvalue weighted by Crippen LogP contribution is 2.33. The van der Waals surface area contributed by atoms with E-state index in [0.29, 0.717) is 44.7 Å². The molecule has 1 atom stereocenters. The summed E-state index contributed by atoms with van der Waals surface area (Å²) in [5.41, 5.74) is 0.709. The molecule has 10 nitrogen and oxygen atoms in total. The van der Waals surface area contributed by atoms with Gasteiger partial charge in [0.15, 0.2) is 0 Å². The molecule has 4 amide bonds. The minimum Gasteiger partial charge on any atom is -0.508 e. The maximum atomic E-state index is 13.2. The third-order valence-corrected chi connectivity index (χ3v) is 6.35. The first kappa shape index (κ1) is 23.8. The number of piperazine rings is 1. The summed E-state index contributed by atoms with van der Waals surface area (Å²) in [6.45, 7) is 1.61. The standard InChI is InChI=1S/C24H28N4O6/c29-15-20(31)14-27-9-11-28(12-10-27)24(21(32)25-23(34)26-22(24)33)18-5-1-16(2-6-18)13-17-3-7-19(30)8-4-17/h1-8,20,29-31H,9-15H2,(H2,25,26,32,33,34). The number of rotatable bonds is 7. The van der Waals surface area contributed by atoms with Crippen LogP contribution in [-0.4, -0.2) is 88.4 Å². The number of benzene rings is 2. The van der Waals surface area contributed by atoms with E-state index >= 15 is 0 Å². The molecule has 1 unspecified atom stereocenters. The number of barbiturate groups is 1. The van der Waals surface area contributed by atoms with Crippen LogP contribution in [0.3, 0.4) is 0 Å². The van der Waals surface area contributed by atoms with Crippen molar-refractivity contribution in [3.05, 3.63) is 65.2 Å². The van der Waals surface area contributed by atoms with Crippen molar-refractivity contribution in [1.82, 2.24) is 20.4 Å². The Balaban J connectivity index is 1.59. The number of nitrogens with one attached hydrogen (secondary N) is 2. The lowest BCUT2D eigenvalue weighted by atomic mass is 9.83. The van der Waals surface area contributed by atoms with Crippen LogP contribution >= 0.6 is 0 Å². The van der Waals surface area contributed by atoms with E-state index in [0.717, 1.165) is 11.1 Å². The Bertz CT molecular complexity index is 1030. The van der Waals surface area contributed by atoms with Crippen LogP contribution in [0.4, 0.5) is 4.79 Å². The fourth-order valence-electron chi connectivity index (χ4n) is 4.59. The lowest BCUT2D eigenvalue weighted by molar-refractivity contribution is -0.150. The number of hydrogen-bond donors (Lipinski definition) is 5. The fourth-order valence-corrected chi connectivity index (χ4v) is 4.59. The van der Waals surface area contributed by atoms with Crippen molar-refractivity contribution in [2.45, 2.75) is 18.1 Å². The van der Waals surface area contributed by atoms with Crippen molar-refractivity contribution in [3.8, 4) is 5.75 Å². The van der Waals surface area contributed by atoms with Crippen molar-refractivity contribution < 1.29 is 29.7 Å². The maximum absolute atomic E-state index is 13.2. The minimum absolute atomic E-state index is 0.191. The lowest BCUT2D eigenvalue weighted by Crippen LogP contribution is -2.73. The van der Waals surface area contributed by atoms with Crippen LogP contribution in [0.15, 0.2) is 48.5 Å². The van der Waals surface area contributed by atoms with E-state index in [1.807, 2.05) is 29.2 Å². The average Bonchev–Trinajstić information content (AvgIpc) is 2.82. The van der Waals surface area contributed by atoms with Gasteiger partial charge in [0.2, 0.25) is 5.54 Å². The zero-order valence-corrected chi connectivity index (χ0v) is 18.6. The minimum atomic E-state index is -1.70. The Hall–Kier alpha value is -3.31. The first-order valence-electron chi connectivity index (χ1n) is 11.1. The number of urea groups is 1. The van der Waals surface area contributed by atoms with Gasteiger partial charge in [-0.05, 0) is 35.2 Å². The van der Waals surface area contributed by atoms with Gasteiger partial charge in [0, 0.05) is 32.7 Å². The molecule has 0 saturated carbocycles. The van der Waals surface area contributed by atoms with Crippen molar-refractivity contribution in [1.29, 1.82) is 0 Å². The van der Waals surface area contributed by atoms with Gasteiger partial charge in [0.1, 0.15) is 5.75 Å². The van der Waals surface area contributed by atoms with Gasteiger partial charge in [0.05, 0.1) is 12.7 Å². The topological polar surface area (TPSA) is 142 Å². The Morgan fingerprint density at radius 3 is 1.91 bits per heavy atom. The summed E-state index contributed by atoms with van der Waals surface area (Å²) < 4.78 is 0. The highest BCUT2D eigenvalue weighted by Gasteiger charge is 2.56. The van der Waals surface area contributed by atoms with E-state index in [1.54, 1.807) is 29.2 Å². The summed E-state index contributed by atoms with van der Waals surface area (Å²) in [6.07, 6.45) is -0.253. The predicted octanol–water partition coefficient (Wildman–Crippen LogP) is -0.485. The molecule has 2 aromatic carbocycles. The molecule has 2 heterocycles. The summed E-state index contributed by atoms with van der Waals surface area (Å²) in [7, 11) is 0. The SMILES string of the molecule is O=C1NC(=O)C(c2ccc(Cc3ccc(O)cc3)cc2)(N2CCN(CC(O)CO)CC2)C(=O)N1. The number of β-amino-alcohol motifs (C(OH)–C–C–N with tert-alkyl or cyclic N) is 1. The molecule has 180 valence electrons. The monoisotopic (exact) mass is 468 g/mol. The van der Waals surface area contributed by atoms with Crippen LogP contribution in [0, 0.1) is 0 Å². The third kappa shape index (κ3) is 4.66. The Morgan fingerprint density at radius 1 is 0.853 bits per heavy atom. The number of phenols is 1. The largest absolute Gasteiger partial charge is 0.508 e. The van der Waals surface area contributed by atoms with Gasteiger partial charge in [-0.3, -0.25) is 30.0 Å². The van der Waals surface area contributed by atoms with Crippen LogP contribution in [0.5, 0.6) is 5.75 Å². The number of carbonyl (C=O) groups is 3. The number of aliphatic hydroxyl groups is 2. The van der Waals surface area contributed by atoms with E-state index in [4.69, 9.17) is 5.11 Å². The molecule has 0 aliphatic carbocycles. The number of amides is 4. The molecule has 2 aliphatic rings. The van der Waals surface area contributed by atoms with Crippen LogP contribution < -0.4 is 10.6 Å². The van der Waals surface area contributed by atoms with Gasteiger partial charge in [0.25, 0.3) is 11.8 Å². The van der Waals surface area contributed by atoms with Gasteiger partial charge in [-0.2, -0.15) is 0 Å². The summed E-state index contributed by atoms with van der Waals surface area (Å²) >= 11 is 0. The number of aliphatic hydroxyl groups excluding tert-OH is 2. The fraction of sp³-hybridized carbons (Fsp3) is 0.375. The molecule has 0 aromatic heterocycles. The number of imide groups is 2. The number of aromatic hydroxyl groups is 1. The molecule has 10 heteroatoms. The summed E-state index contributed by atoms with van der Waals surface area (Å²) in [6, 6.07) is 13.2. The Morgan fingerprint density at radius 2 is 1.38 bits per heavy atom. The van der Waals surface area contributed by atoms with E-state index in [-0.39, 0.29) is 12.4 Å². The summed E-state index contributed by atoms with van der Waals surface area (Å²) in [4.78, 5) is 41.9. The summed E-state index contributed by atoms with van der Waals surface area (Å²) in [5.74, 6) is -1.20. The van der Waals surface area contributed by atoms with Crippen molar-refractivity contribution in [3.63, 3.8) is 0 Å². The molecule has 2 saturated heterocycles. The number of nitrogens with zero attached hydrogens (tertiary/aromatic N) is 2. The molecule has 2 aliphatic heterocycles. The van der Waals surface area contributed by atoms with Gasteiger partial charge in [-0.25, -0.2) is 4.79 Å². The quantitative estimate of drug-likeness (QED) is 0.343. The molecule has 0 spiro atoms. The second-order valence-electron chi connectivity index (χ2n) is 8.61. The van der Waals surface area contributed by atoms with Gasteiger partial charge in [-0.1, -0.05) is 36.4 Å². The van der Waals surface area contributed by atoms with Crippen molar-refractivity contribution in [2.75, 3.05) is 39.3 Å². The second-order valence-corrected chi connectivity index (χ2v) is 8.61. The summed E-state index contributed by atoms with van der Waals surface area (Å²) in [5, 5.41) is 32.8. The molecule has 2 aromatic rings. The van der Waals surface area contributed by atoms with Crippen LogP contribution in [-0.2, 0) is 21.5 Å². The smallest absolute Gasteiger partial charge is 0.328 e. The first-order chi connectivity index (χ1) is 16.3. The van der Waals surface area contributed by atoms with Gasteiger partial charge in [-0.15, -0.1) is 0 Å². The predicted molar refractivity (Wildman–Crippen MR) is 122 cm³/mol. The maximum Gasteiger partial charge on any atom is 0.328 e. The molecule has 34 heavy (non-hydrogen) atoms. The van der Waals surface area contributed by atoms with Crippen molar-refractivity contribution >= 4 is 17.8 Å². The van der Waals surface area contributed by atoms with Gasteiger partial charge >= 0.3 is 6.03 Å². The molecule has 4 rings (SSSR count). The van der Waals surface area contributed by atoms with E-state index in [1.165, 1.54) is 0 Å². The van der Waals surface area contributed by atoms with Crippen LogP contribution in [0.25, 0.3) is 0 Å². The Labute approximate surface area is 196 Å². The van der Waals surface area contributed by atoms with E-state index in [9.17, 15) is 24.6 Å². The zero-order valence-electron chi connectivity index (χ0n) is 18.6. The molecule has 5 N–H and O–H groups in total. The lowest BCUT2D eigenvalue weighted by Gasteiger charge is -2.46. The number of hydrogen-bond acceptors (Lipinski definition) is 8. The zero-order chi connectivity index (χ0) is 24.3. The molecule has 0 bridgehead atoms. The average molecular weight is 469 g/mol. The normalized spacial score (nSPS) is 20.0. The first-order valence-corrected chi connectivity index (χ1v) is 11.1. The van der Waals surface area contributed by atoms with Gasteiger partial charge < -0.3 is 15.3 Å². The highest BCUT2D eigenvalue weighted by atomic mass is 16.3. The van der Waals surface area contributed by atoms with E-state index in [2.05, 4.69) is 10.6 Å². The highest BCUT2D eigenvalue weighted by molar-refractivity contribution is 6.22. The van der Waals surface area contributed by atoms with Crippen molar-refractivity contribution in [2.24, 2.45) is 0 Å². The molecular formula is C24H28N4O6. The molecule has 0 radical (unpaired) electrons. The Kier molecular flexibility index (Phi) is 6.94. The number of phenolic OH excluding ortho intramolecular Hbond substituents is 1. The second kappa shape index (κ2) is 9.90.